The standard InChI is InChI=1S/C15H11BrN6O/c16-13-5-1-11(2-6-13)9-17-19-15(23)12-3-7-14(8-4-12)22-10-18-20-21-22/h1-10H,(H,19,23). The van der Waals surface area contributed by atoms with E-state index in [1.165, 1.54) is 11.0 Å². The molecule has 0 aliphatic carbocycles. The molecular formula is C15H11BrN6O. The fourth-order valence-electron chi connectivity index (χ4n) is 1.82. The lowest BCUT2D eigenvalue weighted by atomic mass is 10.2. The molecule has 0 fully saturated rings. The number of hydrogen-bond acceptors (Lipinski definition) is 5. The Balaban J connectivity index is 1.63. The first kappa shape index (κ1) is 15.0. The second-order valence-corrected chi connectivity index (χ2v) is 5.47. The maximum atomic E-state index is 12.0. The van der Waals surface area contributed by atoms with Gasteiger partial charge in [-0.15, -0.1) is 5.10 Å². The molecule has 7 nitrogen and oxygen atoms in total. The Bertz CT molecular complexity index is 812. The Morgan fingerprint density at radius 2 is 1.87 bits per heavy atom. The molecule has 0 atom stereocenters. The zero-order valence-electron chi connectivity index (χ0n) is 11.8. The molecule has 0 aliphatic heterocycles. The molecule has 3 rings (SSSR count). The fourth-order valence-corrected chi connectivity index (χ4v) is 2.09. The molecule has 3 aromatic rings. The van der Waals surface area contributed by atoms with Crippen LogP contribution in [-0.4, -0.2) is 32.3 Å². The molecule has 1 N–H and O–H groups in total. The minimum atomic E-state index is -0.290. The zero-order chi connectivity index (χ0) is 16.1. The molecule has 0 spiro atoms. The molecule has 0 aliphatic rings. The van der Waals surface area contributed by atoms with Crippen LogP contribution in [-0.2, 0) is 0 Å². The first-order valence-electron chi connectivity index (χ1n) is 6.65. The summed E-state index contributed by atoms with van der Waals surface area (Å²) in [5.41, 5.74) is 4.64. The molecule has 0 bridgehead atoms. The molecule has 1 amide bonds. The number of nitrogens with one attached hydrogen (secondary N) is 1. The SMILES string of the molecule is O=C(NN=Cc1ccc(Br)cc1)c1ccc(-n2cnnn2)cc1. The van der Waals surface area contributed by atoms with Crippen molar-refractivity contribution >= 4 is 28.1 Å². The lowest BCUT2D eigenvalue weighted by Gasteiger charge is -2.02. The van der Waals surface area contributed by atoms with Crippen molar-refractivity contribution in [3.05, 3.63) is 70.5 Å². The third-order valence-electron chi connectivity index (χ3n) is 2.99. The van der Waals surface area contributed by atoms with Crippen molar-refractivity contribution in [2.75, 3.05) is 0 Å². The zero-order valence-corrected chi connectivity index (χ0v) is 13.4. The number of benzene rings is 2. The van der Waals surface area contributed by atoms with Crippen LogP contribution in [0.3, 0.4) is 0 Å². The molecule has 0 saturated heterocycles. The predicted molar refractivity (Wildman–Crippen MR) is 88.4 cm³/mol. The van der Waals surface area contributed by atoms with E-state index in [4.69, 9.17) is 0 Å². The van der Waals surface area contributed by atoms with Gasteiger partial charge in [0.2, 0.25) is 0 Å². The van der Waals surface area contributed by atoms with Crippen molar-refractivity contribution in [2.24, 2.45) is 5.10 Å². The van der Waals surface area contributed by atoms with Crippen molar-refractivity contribution in [1.82, 2.24) is 25.6 Å². The Kier molecular flexibility index (Phi) is 4.53. The van der Waals surface area contributed by atoms with Crippen LogP contribution < -0.4 is 5.43 Å². The molecule has 114 valence electrons. The van der Waals surface area contributed by atoms with Crippen LogP contribution >= 0.6 is 15.9 Å². The maximum absolute atomic E-state index is 12.0. The number of hydrogen-bond donors (Lipinski definition) is 1. The highest BCUT2D eigenvalue weighted by Crippen LogP contribution is 2.09. The van der Waals surface area contributed by atoms with Crippen LogP contribution in [0.25, 0.3) is 5.69 Å². The van der Waals surface area contributed by atoms with E-state index >= 15 is 0 Å². The normalized spacial score (nSPS) is 10.8. The van der Waals surface area contributed by atoms with Gasteiger partial charge in [-0.3, -0.25) is 4.79 Å². The number of rotatable bonds is 4. The van der Waals surface area contributed by atoms with Gasteiger partial charge in [-0.05, 0) is 52.4 Å². The molecular weight excluding hydrogens is 360 g/mol. The van der Waals surface area contributed by atoms with Crippen LogP contribution in [0.15, 0.2) is 64.4 Å². The van der Waals surface area contributed by atoms with Crippen LogP contribution in [0.4, 0.5) is 0 Å². The van der Waals surface area contributed by atoms with Crippen LogP contribution in [0.5, 0.6) is 0 Å². The van der Waals surface area contributed by atoms with Gasteiger partial charge >= 0.3 is 0 Å². The highest BCUT2D eigenvalue weighted by Gasteiger charge is 2.05. The quantitative estimate of drug-likeness (QED) is 0.563. The van der Waals surface area contributed by atoms with Gasteiger partial charge in [0.15, 0.2) is 0 Å². The van der Waals surface area contributed by atoms with Gasteiger partial charge in [0.1, 0.15) is 6.33 Å². The Hall–Kier alpha value is -2.87. The van der Waals surface area contributed by atoms with Crippen molar-refractivity contribution < 1.29 is 4.79 Å². The van der Waals surface area contributed by atoms with Gasteiger partial charge in [-0.1, -0.05) is 28.1 Å². The number of hydrazone groups is 1. The van der Waals surface area contributed by atoms with Crippen molar-refractivity contribution in [1.29, 1.82) is 0 Å². The molecule has 8 heteroatoms. The van der Waals surface area contributed by atoms with Gasteiger partial charge in [-0.2, -0.15) is 5.10 Å². The van der Waals surface area contributed by atoms with Gasteiger partial charge in [0, 0.05) is 10.0 Å². The van der Waals surface area contributed by atoms with E-state index in [9.17, 15) is 4.79 Å². The third-order valence-corrected chi connectivity index (χ3v) is 3.52. The Morgan fingerprint density at radius 3 is 2.52 bits per heavy atom. The lowest BCUT2D eigenvalue weighted by molar-refractivity contribution is 0.0955. The second-order valence-electron chi connectivity index (χ2n) is 4.55. The molecule has 1 aromatic heterocycles. The molecule has 0 saturated carbocycles. The summed E-state index contributed by atoms with van der Waals surface area (Å²) in [5.74, 6) is -0.290. The fraction of sp³-hybridized carbons (Fsp3) is 0. The Morgan fingerprint density at radius 1 is 1.13 bits per heavy atom. The van der Waals surface area contributed by atoms with E-state index in [0.29, 0.717) is 5.56 Å². The minimum absolute atomic E-state index is 0.290. The number of tetrazole rings is 1. The number of aromatic nitrogens is 4. The average molecular weight is 371 g/mol. The van der Waals surface area contributed by atoms with E-state index in [2.05, 4.69) is 42.0 Å². The molecule has 0 unspecified atom stereocenters. The Labute approximate surface area is 140 Å². The predicted octanol–water partition coefficient (Wildman–Crippen LogP) is 2.19. The first-order chi connectivity index (χ1) is 11.2. The topological polar surface area (TPSA) is 85.1 Å². The van der Waals surface area contributed by atoms with Crippen LogP contribution in [0.2, 0.25) is 0 Å². The summed E-state index contributed by atoms with van der Waals surface area (Å²) in [4.78, 5) is 12.0. The van der Waals surface area contributed by atoms with E-state index < -0.39 is 0 Å². The van der Waals surface area contributed by atoms with Crippen molar-refractivity contribution in [3.63, 3.8) is 0 Å². The van der Waals surface area contributed by atoms with Gasteiger partial charge in [0.25, 0.3) is 5.91 Å². The number of amides is 1. The van der Waals surface area contributed by atoms with Gasteiger partial charge in [-0.25, -0.2) is 10.1 Å². The second kappa shape index (κ2) is 6.93. The summed E-state index contributed by atoms with van der Waals surface area (Å²) in [7, 11) is 0. The monoisotopic (exact) mass is 370 g/mol. The smallest absolute Gasteiger partial charge is 0.267 e. The summed E-state index contributed by atoms with van der Waals surface area (Å²) >= 11 is 3.36. The molecule has 23 heavy (non-hydrogen) atoms. The summed E-state index contributed by atoms with van der Waals surface area (Å²) in [5, 5.41) is 14.8. The third kappa shape index (κ3) is 3.86. The molecule has 1 heterocycles. The number of halogens is 1. The first-order valence-corrected chi connectivity index (χ1v) is 7.44. The average Bonchev–Trinajstić information content (AvgIpc) is 3.11. The van der Waals surface area contributed by atoms with Crippen LogP contribution in [0.1, 0.15) is 15.9 Å². The number of carbonyl (C=O) groups is 1. The van der Waals surface area contributed by atoms with Gasteiger partial charge < -0.3 is 0 Å². The highest BCUT2D eigenvalue weighted by molar-refractivity contribution is 9.10. The summed E-state index contributed by atoms with van der Waals surface area (Å²) in [6.45, 7) is 0. The maximum Gasteiger partial charge on any atom is 0.271 e. The van der Waals surface area contributed by atoms with Crippen molar-refractivity contribution in [2.45, 2.75) is 0 Å². The summed E-state index contributed by atoms with van der Waals surface area (Å²) in [6, 6.07) is 14.5. The molecule has 2 aromatic carbocycles. The van der Waals surface area contributed by atoms with Crippen LogP contribution in [0, 0.1) is 0 Å². The summed E-state index contributed by atoms with van der Waals surface area (Å²) in [6.07, 6.45) is 3.07. The van der Waals surface area contributed by atoms with E-state index in [-0.39, 0.29) is 5.91 Å². The largest absolute Gasteiger partial charge is 0.271 e. The molecule has 0 radical (unpaired) electrons. The van der Waals surface area contributed by atoms with E-state index in [1.807, 2.05) is 24.3 Å². The van der Waals surface area contributed by atoms with Gasteiger partial charge in [0.05, 0.1) is 11.9 Å². The number of carbonyl (C=O) groups excluding carboxylic acids is 1. The lowest BCUT2D eigenvalue weighted by Crippen LogP contribution is -2.17. The number of nitrogens with zero attached hydrogens (tertiary/aromatic N) is 5. The minimum Gasteiger partial charge on any atom is -0.267 e. The summed E-state index contributed by atoms with van der Waals surface area (Å²) < 4.78 is 2.49. The highest BCUT2D eigenvalue weighted by atomic mass is 79.9. The van der Waals surface area contributed by atoms with E-state index in [1.54, 1.807) is 30.5 Å². The van der Waals surface area contributed by atoms with E-state index in [0.717, 1.165) is 15.7 Å². The van der Waals surface area contributed by atoms with Crippen molar-refractivity contribution in [3.8, 4) is 5.69 Å².